The van der Waals surface area contributed by atoms with Crippen LogP contribution < -0.4 is 4.90 Å². The molecule has 228 valence electrons. The van der Waals surface area contributed by atoms with Crippen molar-refractivity contribution >= 4 is 44.0 Å². The topological polar surface area (TPSA) is 29.3 Å². The fourth-order valence-electron chi connectivity index (χ4n) is 6.86. The highest BCUT2D eigenvalue weighted by Gasteiger charge is 2.16. The van der Waals surface area contributed by atoms with Gasteiger partial charge < -0.3 is 9.32 Å². The molecule has 0 saturated carbocycles. The Morgan fingerprint density at radius 1 is 0.521 bits per heavy atom. The molecule has 0 atom stereocenters. The molecule has 0 aliphatic heterocycles. The third kappa shape index (κ3) is 5.06. The first-order valence-corrected chi connectivity index (χ1v) is 16.5. The lowest BCUT2D eigenvalue weighted by Gasteiger charge is -2.28. The van der Waals surface area contributed by atoms with Crippen molar-refractivity contribution in [3.05, 3.63) is 176 Å². The van der Waals surface area contributed by atoms with E-state index in [-0.39, 0.29) is 0 Å². The summed E-state index contributed by atoms with van der Waals surface area (Å²) in [6.07, 6.45) is 8.97. The average Bonchev–Trinajstić information content (AvgIpc) is 3.61. The van der Waals surface area contributed by atoms with E-state index in [0.29, 0.717) is 5.89 Å². The molecule has 1 aliphatic rings. The van der Waals surface area contributed by atoms with E-state index in [1.807, 2.05) is 30.3 Å². The molecule has 1 aliphatic carbocycles. The predicted molar refractivity (Wildman–Crippen MR) is 200 cm³/mol. The number of hydrogen-bond acceptors (Lipinski definition) is 3. The molecule has 0 amide bonds. The standard InChI is InChI=1S/C45H32N2O/c1-4-10-31(11-5-1)32-18-24-39(25-19-32)47(38-14-8-3-9-15-38)40-26-20-33(21-27-40)36-22-28-41-37(30-36)17-16-34-23-29-42-44(43(34)41)48-45(46-42)35-12-6-2-7-13-35/h1-2,4-8,10-30H,3,9H2. The molecular formula is C45H32N2O. The maximum absolute atomic E-state index is 6.42. The Morgan fingerprint density at radius 2 is 1.12 bits per heavy atom. The summed E-state index contributed by atoms with van der Waals surface area (Å²) in [5.41, 5.74) is 11.0. The van der Waals surface area contributed by atoms with Crippen molar-refractivity contribution in [3.8, 4) is 33.7 Å². The van der Waals surface area contributed by atoms with Gasteiger partial charge in [0.1, 0.15) is 5.52 Å². The molecule has 3 heteroatoms. The quantitative estimate of drug-likeness (QED) is 0.174. The maximum Gasteiger partial charge on any atom is 0.227 e. The fourth-order valence-corrected chi connectivity index (χ4v) is 6.86. The van der Waals surface area contributed by atoms with Crippen LogP contribution in [0.3, 0.4) is 0 Å². The van der Waals surface area contributed by atoms with Crippen LogP contribution in [0.4, 0.5) is 11.4 Å². The van der Waals surface area contributed by atoms with Crippen molar-refractivity contribution in [1.82, 2.24) is 4.98 Å². The highest BCUT2D eigenvalue weighted by atomic mass is 16.3. The minimum atomic E-state index is 0.646. The second-order valence-corrected chi connectivity index (χ2v) is 12.3. The Balaban J connectivity index is 1.07. The van der Waals surface area contributed by atoms with Crippen LogP contribution in [0, 0.1) is 0 Å². The molecule has 0 unspecified atom stereocenters. The molecule has 1 aromatic heterocycles. The first kappa shape index (κ1) is 28.1. The van der Waals surface area contributed by atoms with Crippen LogP contribution in [0.2, 0.25) is 0 Å². The summed E-state index contributed by atoms with van der Waals surface area (Å²) in [5.74, 6) is 0.646. The van der Waals surface area contributed by atoms with Gasteiger partial charge in [0.25, 0.3) is 0 Å². The summed E-state index contributed by atoms with van der Waals surface area (Å²) in [7, 11) is 0. The number of fused-ring (bicyclic) bond motifs is 5. The predicted octanol–water partition coefficient (Wildman–Crippen LogP) is 12.5. The lowest BCUT2D eigenvalue weighted by atomic mass is 9.96. The number of allylic oxidation sites excluding steroid dienone is 3. The highest BCUT2D eigenvalue weighted by molar-refractivity contribution is 6.18. The van der Waals surface area contributed by atoms with Crippen LogP contribution in [-0.4, -0.2) is 4.98 Å². The third-order valence-corrected chi connectivity index (χ3v) is 9.30. The number of benzene rings is 7. The van der Waals surface area contributed by atoms with Gasteiger partial charge in [-0.25, -0.2) is 4.98 Å². The van der Waals surface area contributed by atoms with Gasteiger partial charge >= 0.3 is 0 Å². The fraction of sp³-hybridized carbons (Fsp3) is 0.0444. The first-order valence-electron chi connectivity index (χ1n) is 16.5. The van der Waals surface area contributed by atoms with Gasteiger partial charge in [0.2, 0.25) is 5.89 Å². The summed E-state index contributed by atoms with van der Waals surface area (Å²) < 4.78 is 6.42. The molecule has 48 heavy (non-hydrogen) atoms. The van der Waals surface area contributed by atoms with Gasteiger partial charge in [-0.1, -0.05) is 115 Å². The summed E-state index contributed by atoms with van der Waals surface area (Å²) in [5, 5.41) is 4.58. The van der Waals surface area contributed by atoms with E-state index in [1.54, 1.807) is 0 Å². The molecular weight excluding hydrogens is 585 g/mol. The summed E-state index contributed by atoms with van der Waals surface area (Å²) in [4.78, 5) is 7.18. The lowest BCUT2D eigenvalue weighted by Crippen LogP contribution is -2.16. The van der Waals surface area contributed by atoms with Gasteiger partial charge in [-0.3, -0.25) is 0 Å². The Kier molecular flexibility index (Phi) is 6.94. The smallest absolute Gasteiger partial charge is 0.227 e. The average molecular weight is 617 g/mol. The van der Waals surface area contributed by atoms with E-state index in [1.165, 1.54) is 33.3 Å². The van der Waals surface area contributed by atoms with Gasteiger partial charge in [0.15, 0.2) is 5.58 Å². The molecule has 9 rings (SSSR count). The van der Waals surface area contributed by atoms with E-state index >= 15 is 0 Å². The first-order chi connectivity index (χ1) is 23.8. The monoisotopic (exact) mass is 616 g/mol. The number of oxazole rings is 1. The number of nitrogens with zero attached hydrogens (tertiary/aromatic N) is 2. The van der Waals surface area contributed by atoms with Gasteiger partial charge in [-0.15, -0.1) is 0 Å². The number of hydrogen-bond donors (Lipinski definition) is 0. The molecule has 7 aromatic carbocycles. The Hall–Kier alpha value is -6.19. The molecule has 0 saturated heterocycles. The van der Waals surface area contributed by atoms with Gasteiger partial charge in [0, 0.05) is 28.0 Å². The van der Waals surface area contributed by atoms with Crippen molar-refractivity contribution in [2.75, 3.05) is 4.90 Å². The summed E-state index contributed by atoms with van der Waals surface area (Å²) in [6, 6.07) is 53.8. The van der Waals surface area contributed by atoms with Crippen molar-refractivity contribution in [2.24, 2.45) is 0 Å². The zero-order chi connectivity index (χ0) is 31.9. The van der Waals surface area contributed by atoms with E-state index < -0.39 is 0 Å². The highest BCUT2D eigenvalue weighted by Crippen LogP contribution is 2.38. The van der Waals surface area contributed by atoms with Gasteiger partial charge in [-0.05, 0) is 106 Å². The van der Waals surface area contributed by atoms with Crippen LogP contribution in [0.15, 0.2) is 180 Å². The Bertz CT molecular complexity index is 2470. The third-order valence-electron chi connectivity index (χ3n) is 9.30. The van der Waals surface area contributed by atoms with Crippen LogP contribution in [-0.2, 0) is 0 Å². The van der Waals surface area contributed by atoms with Crippen LogP contribution in [0.5, 0.6) is 0 Å². The van der Waals surface area contributed by atoms with Gasteiger partial charge in [-0.2, -0.15) is 0 Å². The maximum atomic E-state index is 6.42. The molecule has 0 fully saturated rings. The molecule has 3 nitrogen and oxygen atoms in total. The molecule has 0 spiro atoms. The normalized spacial score (nSPS) is 12.9. The van der Waals surface area contributed by atoms with E-state index in [2.05, 4.69) is 144 Å². The largest absolute Gasteiger partial charge is 0.435 e. The molecule has 0 bridgehead atoms. The van der Waals surface area contributed by atoms with Crippen LogP contribution in [0.25, 0.3) is 66.4 Å². The SMILES string of the molecule is C1=CC(N(c2ccc(-c3ccccc3)cc2)c2ccc(-c3ccc4c(ccc5ccc6nc(-c7ccccc7)oc6c54)c3)cc2)=CCC1. The second kappa shape index (κ2) is 11.9. The van der Waals surface area contributed by atoms with Crippen LogP contribution >= 0.6 is 0 Å². The molecule has 0 radical (unpaired) electrons. The van der Waals surface area contributed by atoms with E-state index in [4.69, 9.17) is 9.40 Å². The van der Waals surface area contributed by atoms with Crippen molar-refractivity contribution in [1.29, 1.82) is 0 Å². The van der Waals surface area contributed by atoms with Crippen molar-refractivity contribution in [3.63, 3.8) is 0 Å². The molecule has 8 aromatic rings. The van der Waals surface area contributed by atoms with Crippen molar-refractivity contribution < 1.29 is 4.42 Å². The van der Waals surface area contributed by atoms with E-state index in [9.17, 15) is 0 Å². The second-order valence-electron chi connectivity index (χ2n) is 12.3. The van der Waals surface area contributed by atoms with Crippen molar-refractivity contribution in [2.45, 2.75) is 12.8 Å². The zero-order valence-corrected chi connectivity index (χ0v) is 26.4. The summed E-state index contributed by atoms with van der Waals surface area (Å²) in [6.45, 7) is 0. The van der Waals surface area contributed by atoms with Gasteiger partial charge in [0.05, 0.1) is 0 Å². The number of rotatable bonds is 6. The minimum Gasteiger partial charge on any atom is -0.435 e. The zero-order valence-electron chi connectivity index (χ0n) is 26.4. The van der Waals surface area contributed by atoms with E-state index in [0.717, 1.165) is 57.0 Å². The Morgan fingerprint density at radius 3 is 1.81 bits per heavy atom. The Labute approximate surface area is 279 Å². The summed E-state index contributed by atoms with van der Waals surface area (Å²) >= 11 is 0. The minimum absolute atomic E-state index is 0.646. The van der Waals surface area contributed by atoms with Crippen LogP contribution in [0.1, 0.15) is 12.8 Å². The number of anilines is 2. The lowest BCUT2D eigenvalue weighted by molar-refractivity contribution is 0.623. The molecule has 0 N–H and O–H groups in total. The molecule has 1 heterocycles. The number of aromatic nitrogens is 1.